The van der Waals surface area contributed by atoms with Crippen molar-refractivity contribution in [1.82, 2.24) is 4.98 Å². The molecule has 1 heterocycles. The maximum atomic E-state index is 13.5. The van der Waals surface area contributed by atoms with Gasteiger partial charge in [0.1, 0.15) is 17.3 Å². The Morgan fingerprint density at radius 3 is 2.65 bits per heavy atom. The van der Waals surface area contributed by atoms with Gasteiger partial charge in [-0.25, -0.2) is 18.6 Å². The van der Waals surface area contributed by atoms with Gasteiger partial charge >= 0.3 is 5.97 Å². The molecule has 0 aliphatic rings. The molecule has 2 aromatic rings. The van der Waals surface area contributed by atoms with E-state index in [0.29, 0.717) is 6.07 Å². The molecule has 0 saturated carbocycles. The number of carbonyl (C=O) groups is 1. The lowest BCUT2D eigenvalue weighted by atomic mass is 10.3. The molecule has 1 atom stereocenters. The van der Waals surface area contributed by atoms with E-state index >= 15 is 0 Å². The number of rotatable bonds is 4. The number of aromatic nitrogens is 1. The van der Waals surface area contributed by atoms with E-state index in [0.717, 1.165) is 12.1 Å². The van der Waals surface area contributed by atoms with Crippen LogP contribution in [-0.2, 0) is 16.6 Å². The van der Waals surface area contributed by atoms with Crippen LogP contribution in [0.2, 0.25) is 0 Å². The zero-order valence-electron chi connectivity index (χ0n) is 10.0. The molecule has 1 N–H and O–H groups in total. The molecule has 1 unspecified atom stereocenters. The second-order valence-corrected chi connectivity index (χ2v) is 5.30. The molecular formula is C13H9F2NO3S. The minimum absolute atomic E-state index is 0.145. The van der Waals surface area contributed by atoms with E-state index in [9.17, 15) is 17.8 Å². The molecule has 0 aliphatic heterocycles. The fourth-order valence-corrected chi connectivity index (χ4v) is 2.63. The lowest BCUT2D eigenvalue weighted by Gasteiger charge is -2.04. The van der Waals surface area contributed by atoms with Gasteiger partial charge in [-0.15, -0.1) is 0 Å². The number of benzene rings is 1. The Morgan fingerprint density at radius 1 is 1.25 bits per heavy atom. The average Bonchev–Trinajstić information content (AvgIpc) is 2.38. The predicted octanol–water partition coefficient (Wildman–Crippen LogP) is 2.37. The lowest BCUT2D eigenvalue weighted by Crippen LogP contribution is -2.06. The van der Waals surface area contributed by atoms with Crippen LogP contribution in [-0.4, -0.2) is 20.3 Å². The van der Waals surface area contributed by atoms with Crippen molar-refractivity contribution in [1.29, 1.82) is 0 Å². The largest absolute Gasteiger partial charge is 0.477 e. The van der Waals surface area contributed by atoms with E-state index < -0.39 is 28.4 Å². The van der Waals surface area contributed by atoms with Crippen molar-refractivity contribution in [2.45, 2.75) is 10.6 Å². The van der Waals surface area contributed by atoms with Crippen LogP contribution in [0.5, 0.6) is 0 Å². The highest BCUT2D eigenvalue weighted by atomic mass is 32.2. The van der Waals surface area contributed by atoms with Crippen LogP contribution >= 0.6 is 0 Å². The van der Waals surface area contributed by atoms with Gasteiger partial charge < -0.3 is 5.11 Å². The van der Waals surface area contributed by atoms with E-state index in [-0.39, 0.29) is 22.0 Å². The molecule has 0 saturated heterocycles. The quantitative estimate of drug-likeness (QED) is 0.940. The molecular weight excluding hydrogens is 288 g/mol. The first-order chi connectivity index (χ1) is 9.47. The molecule has 0 spiro atoms. The van der Waals surface area contributed by atoms with E-state index in [4.69, 9.17) is 5.11 Å². The minimum atomic E-state index is -1.77. The van der Waals surface area contributed by atoms with Gasteiger partial charge in [0.05, 0.1) is 27.1 Å². The van der Waals surface area contributed by atoms with Gasteiger partial charge in [0.2, 0.25) is 0 Å². The first kappa shape index (κ1) is 14.3. The van der Waals surface area contributed by atoms with Crippen LogP contribution in [0.15, 0.2) is 41.3 Å². The highest BCUT2D eigenvalue weighted by Gasteiger charge is 2.13. The zero-order chi connectivity index (χ0) is 14.7. The van der Waals surface area contributed by atoms with Crippen LogP contribution in [0.25, 0.3) is 0 Å². The Bertz CT molecular complexity index is 691. The fraction of sp³-hybridized carbons (Fsp3) is 0.0769. The monoisotopic (exact) mass is 297 g/mol. The first-order valence-electron chi connectivity index (χ1n) is 5.50. The smallest absolute Gasteiger partial charge is 0.354 e. The topological polar surface area (TPSA) is 67.3 Å². The van der Waals surface area contributed by atoms with E-state index in [1.54, 1.807) is 0 Å². The highest BCUT2D eigenvalue weighted by molar-refractivity contribution is 7.84. The number of carboxylic acid groups (broad SMARTS) is 1. The van der Waals surface area contributed by atoms with Gasteiger partial charge in [-0.2, -0.15) is 0 Å². The van der Waals surface area contributed by atoms with Gasteiger partial charge in [-0.3, -0.25) is 4.21 Å². The molecule has 1 aromatic heterocycles. The number of nitrogens with zero attached hydrogens (tertiary/aromatic N) is 1. The summed E-state index contributed by atoms with van der Waals surface area (Å²) in [5, 5.41) is 8.80. The third kappa shape index (κ3) is 3.24. The fourth-order valence-electron chi connectivity index (χ4n) is 1.55. The molecule has 0 fully saturated rings. The summed E-state index contributed by atoms with van der Waals surface area (Å²) in [5.41, 5.74) is 0.0750. The van der Waals surface area contributed by atoms with Crippen molar-refractivity contribution in [3.05, 3.63) is 59.4 Å². The summed E-state index contributed by atoms with van der Waals surface area (Å²) in [6, 6.07) is 7.01. The Labute approximate surface area is 115 Å². The zero-order valence-corrected chi connectivity index (χ0v) is 10.9. The maximum Gasteiger partial charge on any atom is 0.354 e. The molecule has 0 bridgehead atoms. The number of halogens is 2. The van der Waals surface area contributed by atoms with Crippen molar-refractivity contribution in [3.63, 3.8) is 0 Å². The molecule has 0 aliphatic carbocycles. The van der Waals surface area contributed by atoms with Crippen LogP contribution in [0.1, 0.15) is 16.2 Å². The van der Waals surface area contributed by atoms with Crippen LogP contribution < -0.4 is 0 Å². The van der Waals surface area contributed by atoms with E-state index in [2.05, 4.69) is 4.98 Å². The second-order valence-electron chi connectivity index (χ2n) is 3.88. The Balaban J connectivity index is 2.23. The minimum Gasteiger partial charge on any atom is -0.477 e. The molecule has 1 aromatic carbocycles. The summed E-state index contributed by atoms with van der Waals surface area (Å²) in [4.78, 5) is 14.4. The van der Waals surface area contributed by atoms with Gasteiger partial charge in [-0.05, 0) is 24.3 Å². The maximum absolute atomic E-state index is 13.5. The van der Waals surface area contributed by atoms with E-state index in [1.807, 2.05) is 0 Å². The van der Waals surface area contributed by atoms with Crippen molar-refractivity contribution >= 4 is 16.8 Å². The van der Waals surface area contributed by atoms with Gasteiger partial charge in [0.15, 0.2) is 0 Å². The highest BCUT2D eigenvalue weighted by Crippen LogP contribution is 2.16. The molecule has 7 heteroatoms. The van der Waals surface area contributed by atoms with Crippen molar-refractivity contribution in [2.24, 2.45) is 0 Å². The number of hydrogen-bond donors (Lipinski definition) is 1. The van der Waals surface area contributed by atoms with Crippen molar-refractivity contribution in [3.8, 4) is 0 Å². The van der Waals surface area contributed by atoms with Gasteiger partial charge in [0, 0.05) is 6.07 Å². The van der Waals surface area contributed by atoms with Gasteiger partial charge in [0.25, 0.3) is 0 Å². The Morgan fingerprint density at radius 2 is 2.00 bits per heavy atom. The summed E-state index contributed by atoms with van der Waals surface area (Å²) >= 11 is 0. The molecule has 0 radical (unpaired) electrons. The predicted molar refractivity (Wildman–Crippen MR) is 67.7 cm³/mol. The third-order valence-corrected chi connectivity index (χ3v) is 3.82. The number of aromatic carboxylic acids is 1. The Hall–Kier alpha value is -2.15. The second kappa shape index (κ2) is 5.87. The van der Waals surface area contributed by atoms with Crippen molar-refractivity contribution < 1.29 is 22.9 Å². The molecule has 20 heavy (non-hydrogen) atoms. The average molecular weight is 297 g/mol. The first-order valence-corrected chi connectivity index (χ1v) is 6.82. The third-order valence-electron chi connectivity index (χ3n) is 2.44. The summed E-state index contributed by atoms with van der Waals surface area (Å²) in [6.07, 6.45) is 0. The summed E-state index contributed by atoms with van der Waals surface area (Å²) in [5.74, 6) is -3.01. The molecule has 4 nitrogen and oxygen atoms in total. The number of pyridine rings is 1. The summed E-state index contributed by atoms with van der Waals surface area (Å²) < 4.78 is 38.2. The van der Waals surface area contributed by atoms with Crippen LogP contribution in [0.3, 0.4) is 0 Å². The van der Waals surface area contributed by atoms with Crippen LogP contribution in [0, 0.1) is 11.6 Å². The normalized spacial score (nSPS) is 12.1. The summed E-state index contributed by atoms with van der Waals surface area (Å²) in [6.45, 7) is 0. The molecule has 104 valence electrons. The Kier molecular flexibility index (Phi) is 4.19. The van der Waals surface area contributed by atoms with Crippen molar-refractivity contribution in [2.75, 3.05) is 0 Å². The molecule has 0 amide bonds. The number of carboxylic acids is 1. The van der Waals surface area contributed by atoms with Gasteiger partial charge in [-0.1, -0.05) is 6.07 Å². The molecule has 2 rings (SSSR count). The SMILES string of the molecule is O=C(O)c1cccc(CS(=O)c2ccc(F)cc2F)n1. The lowest BCUT2D eigenvalue weighted by molar-refractivity contribution is 0.0690. The summed E-state index contributed by atoms with van der Waals surface area (Å²) in [7, 11) is -1.77. The van der Waals surface area contributed by atoms with Crippen LogP contribution in [0.4, 0.5) is 8.78 Å². The number of hydrogen-bond acceptors (Lipinski definition) is 3. The standard InChI is InChI=1S/C13H9F2NO3S/c14-8-4-5-12(10(15)6-8)20(19)7-9-2-1-3-11(16-9)13(17)18/h1-6H,7H2,(H,17,18). The van der Waals surface area contributed by atoms with E-state index in [1.165, 1.54) is 18.2 Å².